The lowest BCUT2D eigenvalue weighted by Crippen LogP contribution is -2.52. The molecule has 0 aromatic carbocycles. The van der Waals surface area contributed by atoms with Crippen molar-refractivity contribution >= 4 is 6.29 Å². The van der Waals surface area contributed by atoms with Crippen LogP contribution in [0.2, 0.25) is 0 Å². The van der Waals surface area contributed by atoms with Gasteiger partial charge in [-0.3, -0.25) is 0 Å². The van der Waals surface area contributed by atoms with Gasteiger partial charge in [0.15, 0.2) is 0 Å². The van der Waals surface area contributed by atoms with E-state index in [1.165, 1.54) is 19.1 Å². The highest BCUT2D eigenvalue weighted by molar-refractivity contribution is 5.54. The van der Waals surface area contributed by atoms with Gasteiger partial charge in [-0.05, 0) is 53.8 Å². The van der Waals surface area contributed by atoms with E-state index >= 15 is 0 Å². The van der Waals surface area contributed by atoms with Crippen LogP contribution in [-0.2, 0) is 4.79 Å². The van der Waals surface area contributed by atoms with Crippen LogP contribution in [0.5, 0.6) is 0 Å². The number of carbonyl (C=O) groups excluding carboxylic acids is 1. The van der Waals surface area contributed by atoms with Gasteiger partial charge in [0.1, 0.15) is 6.29 Å². The van der Waals surface area contributed by atoms with Crippen LogP contribution in [0.15, 0.2) is 0 Å². The van der Waals surface area contributed by atoms with E-state index in [9.17, 15) is 4.79 Å². The Morgan fingerprint density at radius 2 is 1.61 bits per heavy atom. The summed E-state index contributed by atoms with van der Waals surface area (Å²) >= 11 is 0. The van der Waals surface area contributed by atoms with Crippen molar-refractivity contribution in [1.29, 1.82) is 0 Å². The molecule has 1 nitrogen and oxygen atoms in total. The van der Waals surface area contributed by atoms with Crippen molar-refractivity contribution in [3.8, 4) is 0 Å². The molecule has 18 heavy (non-hydrogen) atoms. The monoisotopic (exact) mass is 250 g/mol. The summed E-state index contributed by atoms with van der Waals surface area (Å²) < 4.78 is 0. The van der Waals surface area contributed by atoms with Crippen LogP contribution in [0.25, 0.3) is 0 Å². The molecule has 2 fully saturated rings. The summed E-state index contributed by atoms with van der Waals surface area (Å²) in [6, 6.07) is 0. The Hall–Kier alpha value is -0.330. The molecule has 2 rings (SSSR count). The van der Waals surface area contributed by atoms with Crippen molar-refractivity contribution in [2.75, 3.05) is 0 Å². The molecule has 0 spiro atoms. The zero-order chi connectivity index (χ0) is 13.7. The third kappa shape index (κ3) is 2.04. The van der Waals surface area contributed by atoms with E-state index in [1.807, 2.05) is 0 Å². The number of carbonyl (C=O) groups is 1. The lowest BCUT2D eigenvalue weighted by Gasteiger charge is -2.59. The number of rotatable bonds is 1. The molecule has 0 saturated heterocycles. The average molecular weight is 250 g/mol. The Bertz CT molecular complexity index is 329. The van der Waals surface area contributed by atoms with E-state index in [1.54, 1.807) is 0 Å². The van der Waals surface area contributed by atoms with Crippen molar-refractivity contribution in [3.05, 3.63) is 0 Å². The molecule has 1 heteroatoms. The van der Waals surface area contributed by atoms with E-state index in [2.05, 4.69) is 41.5 Å². The summed E-state index contributed by atoms with van der Waals surface area (Å²) in [7, 11) is 0. The summed E-state index contributed by atoms with van der Waals surface area (Å²) in [6.45, 7) is 14.5. The first-order valence-corrected chi connectivity index (χ1v) is 7.65. The zero-order valence-electron chi connectivity index (χ0n) is 13.0. The van der Waals surface area contributed by atoms with Gasteiger partial charge >= 0.3 is 0 Å². The second kappa shape index (κ2) is 4.35. The zero-order valence-corrected chi connectivity index (χ0v) is 13.0. The summed E-state index contributed by atoms with van der Waals surface area (Å²) in [5.74, 6) is 3.19. The van der Waals surface area contributed by atoms with Gasteiger partial charge in [-0.25, -0.2) is 0 Å². The third-order valence-corrected chi connectivity index (χ3v) is 6.61. The highest BCUT2D eigenvalue weighted by Crippen LogP contribution is 2.61. The van der Waals surface area contributed by atoms with Gasteiger partial charge in [0.2, 0.25) is 0 Å². The Labute approximate surface area is 113 Å². The third-order valence-electron chi connectivity index (χ3n) is 6.61. The molecule has 2 aliphatic carbocycles. The van der Waals surface area contributed by atoms with E-state index in [-0.39, 0.29) is 0 Å². The first-order valence-electron chi connectivity index (χ1n) is 7.65. The fraction of sp³-hybridized carbons (Fsp3) is 0.941. The molecule has 0 radical (unpaired) electrons. The minimum Gasteiger partial charge on any atom is -0.303 e. The number of hydrogen-bond acceptors (Lipinski definition) is 1. The smallest absolute Gasteiger partial charge is 0.123 e. The predicted molar refractivity (Wildman–Crippen MR) is 76.3 cm³/mol. The molecule has 2 aliphatic rings. The Balaban J connectivity index is 2.33. The quantitative estimate of drug-likeness (QED) is 0.624. The minimum absolute atomic E-state index is 0.301. The maximum Gasteiger partial charge on any atom is 0.123 e. The highest BCUT2D eigenvalue weighted by Gasteiger charge is 2.53. The maximum absolute atomic E-state index is 11.3. The SMILES string of the molecule is CC1CC2C(CC1C=O)C(C)(C)CC(C)C2(C)C. The van der Waals surface area contributed by atoms with Crippen molar-refractivity contribution in [3.63, 3.8) is 0 Å². The maximum atomic E-state index is 11.3. The summed E-state index contributed by atoms with van der Waals surface area (Å²) in [4.78, 5) is 11.3. The van der Waals surface area contributed by atoms with Crippen LogP contribution >= 0.6 is 0 Å². The normalized spacial score (nSPS) is 46.2. The lowest BCUT2D eigenvalue weighted by atomic mass is 9.46. The molecule has 0 bridgehead atoms. The molecule has 0 aliphatic heterocycles. The largest absolute Gasteiger partial charge is 0.303 e. The van der Waals surface area contributed by atoms with Gasteiger partial charge in [0.05, 0.1) is 0 Å². The number of aldehydes is 1. The van der Waals surface area contributed by atoms with Gasteiger partial charge in [-0.2, -0.15) is 0 Å². The first-order chi connectivity index (χ1) is 8.20. The van der Waals surface area contributed by atoms with Gasteiger partial charge in [-0.1, -0.05) is 41.5 Å². The molecule has 104 valence electrons. The molecule has 0 N–H and O–H groups in total. The van der Waals surface area contributed by atoms with Gasteiger partial charge < -0.3 is 4.79 Å². The fourth-order valence-electron chi connectivity index (χ4n) is 4.87. The standard InChI is InChI=1S/C17H30O/c1-11-7-15-14(8-13(11)10-18)16(3,4)9-12(2)17(15,5)6/h10-15H,7-9H2,1-6H3. The topological polar surface area (TPSA) is 17.1 Å². The number of fused-ring (bicyclic) bond motifs is 1. The Morgan fingerprint density at radius 3 is 2.17 bits per heavy atom. The fourth-order valence-corrected chi connectivity index (χ4v) is 4.87. The van der Waals surface area contributed by atoms with Crippen molar-refractivity contribution < 1.29 is 4.79 Å². The van der Waals surface area contributed by atoms with Crippen LogP contribution < -0.4 is 0 Å². The van der Waals surface area contributed by atoms with E-state index in [0.717, 1.165) is 24.2 Å². The van der Waals surface area contributed by atoms with Crippen molar-refractivity contribution in [2.24, 2.45) is 40.4 Å². The Morgan fingerprint density at radius 1 is 1.00 bits per heavy atom. The first kappa shape index (κ1) is 14.1. The molecule has 2 saturated carbocycles. The minimum atomic E-state index is 0.301. The average Bonchev–Trinajstić information content (AvgIpc) is 2.26. The molecule has 0 amide bonds. The number of hydrogen-bond donors (Lipinski definition) is 0. The molecule has 5 unspecified atom stereocenters. The summed E-state index contributed by atoms with van der Waals surface area (Å²) in [6.07, 6.45) is 4.90. The van der Waals surface area contributed by atoms with Gasteiger partial charge in [0.25, 0.3) is 0 Å². The second-order valence-electron chi connectivity index (χ2n) is 8.38. The van der Waals surface area contributed by atoms with Crippen LogP contribution in [0.3, 0.4) is 0 Å². The lowest BCUT2D eigenvalue weighted by molar-refractivity contribution is -0.127. The molecule has 0 heterocycles. The molecule has 5 atom stereocenters. The second-order valence-corrected chi connectivity index (χ2v) is 8.38. The van der Waals surface area contributed by atoms with Crippen LogP contribution in [0, 0.1) is 40.4 Å². The predicted octanol–water partition coefficient (Wildman–Crippen LogP) is 4.56. The van der Waals surface area contributed by atoms with Crippen LogP contribution in [0.1, 0.15) is 60.8 Å². The molecular formula is C17H30O. The summed E-state index contributed by atoms with van der Waals surface area (Å²) in [5, 5.41) is 0. The molecule has 0 aromatic heterocycles. The highest BCUT2D eigenvalue weighted by atomic mass is 16.1. The van der Waals surface area contributed by atoms with Gasteiger partial charge in [-0.15, -0.1) is 0 Å². The Kier molecular flexibility index (Phi) is 3.41. The van der Waals surface area contributed by atoms with Crippen LogP contribution in [-0.4, -0.2) is 6.29 Å². The van der Waals surface area contributed by atoms with Crippen LogP contribution in [0.4, 0.5) is 0 Å². The van der Waals surface area contributed by atoms with E-state index in [4.69, 9.17) is 0 Å². The molecule has 0 aromatic rings. The molecular weight excluding hydrogens is 220 g/mol. The van der Waals surface area contributed by atoms with Gasteiger partial charge in [0, 0.05) is 5.92 Å². The van der Waals surface area contributed by atoms with Crippen molar-refractivity contribution in [1.82, 2.24) is 0 Å². The van der Waals surface area contributed by atoms with Crippen molar-refractivity contribution in [2.45, 2.75) is 60.8 Å². The van der Waals surface area contributed by atoms with E-state index < -0.39 is 0 Å². The summed E-state index contributed by atoms with van der Waals surface area (Å²) in [5.41, 5.74) is 0.837. The van der Waals surface area contributed by atoms with E-state index in [0.29, 0.717) is 22.7 Å².